The van der Waals surface area contributed by atoms with Gasteiger partial charge in [0.1, 0.15) is 23.8 Å². The van der Waals surface area contributed by atoms with E-state index < -0.39 is 71.8 Å². The quantitative estimate of drug-likeness (QED) is 0.404. The van der Waals surface area contributed by atoms with E-state index >= 15 is 0 Å². The molecule has 0 radical (unpaired) electrons. The zero-order chi connectivity index (χ0) is 27.3. The van der Waals surface area contributed by atoms with Gasteiger partial charge in [0, 0.05) is 0 Å². The van der Waals surface area contributed by atoms with Crippen LogP contribution in [-0.2, 0) is 35.0 Å². The summed E-state index contributed by atoms with van der Waals surface area (Å²) in [5.41, 5.74) is -0.841. The van der Waals surface area contributed by atoms with Crippen LogP contribution in [0.3, 0.4) is 0 Å². The van der Waals surface area contributed by atoms with Gasteiger partial charge in [-0.15, -0.1) is 0 Å². The highest BCUT2D eigenvalue weighted by molar-refractivity contribution is 6.40. The molecular weight excluding hydrogens is 529 g/mol. The van der Waals surface area contributed by atoms with Gasteiger partial charge in [-0.2, -0.15) is 0 Å². The number of rotatable bonds is 6. The van der Waals surface area contributed by atoms with Gasteiger partial charge < -0.3 is 24.5 Å². The van der Waals surface area contributed by atoms with Crippen molar-refractivity contribution in [1.82, 2.24) is 15.3 Å². The fourth-order valence-corrected chi connectivity index (χ4v) is 3.80. The number of carbonyl (C=O) groups excluding carboxylic acids is 4. The second-order valence-electron chi connectivity index (χ2n) is 8.67. The molecule has 13 heteroatoms. The molecule has 1 aliphatic heterocycles. The number of cyclic esters (lactones) is 2. The standard InChI is InChI=1S/C24H25Cl2N3O8/c1-11(2)22(32)37-17-12(3)36-24(34)15(27-20(30)16-21(31)29-19(26)18(25)28-16)10-35-23(33)14(17)9-13-7-5-4-6-8-13/h4-8,11-12,14-15,17H,9-10H2,1-3H3,(H,27,30)(H,29,31)/t12-,14+,15?,17?/m0/s1. The summed E-state index contributed by atoms with van der Waals surface area (Å²) in [5, 5.41) is 1.67. The van der Waals surface area contributed by atoms with Gasteiger partial charge in [-0.05, 0) is 18.9 Å². The van der Waals surface area contributed by atoms with Crippen LogP contribution in [0.5, 0.6) is 0 Å². The first-order valence-corrected chi connectivity index (χ1v) is 12.1. The average Bonchev–Trinajstić information content (AvgIpc) is 2.88. The molecule has 37 heavy (non-hydrogen) atoms. The van der Waals surface area contributed by atoms with Gasteiger partial charge in [-0.3, -0.25) is 19.2 Å². The van der Waals surface area contributed by atoms with E-state index in [0.717, 1.165) is 5.56 Å². The highest BCUT2D eigenvalue weighted by atomic mass is 35.5. The van der Waals surface area contributed by atoms with Crippen LogP contribution in [0.15, 0.2) is 35.1 Å². The average molecular weight is 554 g/mol. The van der Waals surface area contributed by atoms with E-state index in [1.807, 2.05) is 6.07 Å². The van der Waals surface area contributed by atoms with Gasteiger partial charge in [0.25, 0.3) is 11.5 Å². The van der Waals surface area contributed by atoms with Gasteiger partial charge in [-0.25, -0.2) is 9.78 Å². The molecule has 0 saturated carbocycles. The summed E-state index contributed by atoms with van der Waals surface area (Å²) in [6.07, 6.45) is -2.11. The van der Waals surface area contributed by atoms with Gasteiger partial charge in [-0.1, -0.05) is 67.4 Å². The van der Waals surface area contributed by atoms with Crippen molar-refractivity contribution < 1.29 is 33.4 Å². The lowest BCUT2D eigenvalue weighted by molar-refractivity contribution is -0.176. The first kappa shape index (κ1) is 28.1. The number of hydrogen-bond donors (Lipinski definition) is 2. The van der Waals surface area contributed by atoms with E-state index in [1.54, 1.807) is 38.1 Å². The number of nitrogens with zero attached hydrogens (tertiary/aromatic N) is 1. The second-order valence-corrected chi connectivity index (χ2v) is 9.41. The molecule has 0 bridgehead atoms. The Labute approximate surface area is 221 Å². The topological polar surface area (TPSA) is 154 Å². The molecule has 2 aromatic rings. The zero-order valence-corrected chi connectivity index (χ0v) is 21.7. The third kappa shape index (κ3) is 7.07. The van der Waals surface area contributed by atoms with Crippen LogP contribution in [0.25, 0.3) is 0 Å². The Kier molecular flexibility index (Phi) is 9.28. The number of halogens is 2. The van der Waals surface area contributed by atoms with Gasteiger partial charge in [0.15, 0.2) is 23.0 Å². The first-order valence-electron chi connectivity index (χ1n) is 11.4. The number of benzene rings is 1. The number of esters is 3. The van der Waals surface area contributed by atoms with Crippen LogP contribution in [0, 0.1) is 11.8 Å². The molecule has 3 rings (SSSR count). The fraction of sp³-hybridized carbons (Fsp3) is 0.417. The minimum absolute atomic E-state index is 0.136. The molecular formula is C24H25Cl2N3O8. The highest BCUT2D eigenvalue weighted by Crippen LogP contribution is 2.24. The summed E-state index contributed by atoms with van der Waals surface area (Å²) in [4.78, 5) is 69.1. The number of amides is 1. The Morgan fingerprint density at radius 1 is 1.16 bits per heavy atom. The second kappa shape index (κ2) is 12.2. The third-order valence-corrected chi connectivity index (χ3v) is 6.16. The molecule has 1 fully saturated rings. The number of aromatic nitrogens is 2. The molecule has 1 amide bonds. The molecule has 2 N–H and O–H groups in total. The maximum atomic E-state index is 13.2. The predicted molar refractivity (Wildman–Crippen MR) is 131 cm³/mol. The van der Waals surface area contributed by atoms with Crippen molar-refractivity contribution in [2.45, 2.75) is 45.4 Å². The Morgan fingerprint density at radius 2 is 1.84 bits per heavy atom. The lowest BCUT2D eigenvalue weighted by atomic mass is 9.91. The molecule has 1 aliphatic rings. The zero-order valence-electron chi connectivity index (χ0n) is 20.2. The van der Waals surface area contributed by atoms with Crippen molar-refractivity contribution in [1.29, 1.82) is 0 Å². The Bertz CT molecular complexity index is 1230. The summed E-state index contributed by atoms with van der Waals surface area (Å²) >= 11 is 11.5. The van der Waals surface area contributed by atoms with Crippen molar-refractivity contribution >= 4 is 47.0 Å². The molecule has 2 heterocycles. The van der Waals surface area contributed by atoms with Gasteiger partial charge in [0.2, 0.25) is 0 Å². The van der Waals surface area contributed by atoms with Crippen molar-refractivity contribution in [3.8, 4) is 0 Å². The number of ether oxygens (including phenoxy) is 3. The predicted octanol–water partition coefficient (Wildman–Crippen LogP) is 2.09. The van der Waals surface area contributed by atoms with Gasteiger partial charge >= 0.3 is 17.9 Å². The number of H-pyrrole nitrogens is 1. The SMILES string of the molecule is CC(C)C(=O)OC1[C@H](C)OC(=O)C(NC(=O)c2nc(Cl)c(Cl)[nH]c2=O)COC(=O)[C@@H]1Cc1ccccc1. The summed E-state index contributed by atoms with van der Waals surface area (Å²) < 4.78 is 16.4. The molecule has 0 aliphatic carbocycles. The highest BCUT2D eigenvalue weighted by Gasteiger charge is 2.42. The first-order chi connectivity index (χ1) is 17.5. The number of nitrogens with one attached hydrogen (secondary N) is 2. The number of carbonyl (C=O) groups is 4. The normalized spacial score (nSPS) is 22.2. The smallest absolute Gasteiger partial charge is 0.332 e. The molecule has 1 saturated heterocycles. The fourth-order valence-electron chi connectivity index (χ4n) is 3.54. The van der Waals surface area contributed by atoms with Crippen molar-refractivity contribution in [3.63, 3.8) is 0 Å². The largest absolute Gasteiger partial charge is 0.463 e. The maximum absolute atomic E-state index is 13.2. The molecule has 11 nitrogen and oxygen atoms in total. The third-order valence-electron chi connectivity index (χ3n) is 5.51. The maximum Gasteiger partial charge on any atom is 0.332 e. The summed E-state index contributed by atoms with van der Waals surface area (Å²) in [6.45, 7) is 4.12. The van der Waals surface area contributed by atoms with E-state index in [9.17, 15) is 24.0 Å². The van der Waals surface area contributed by atoms with Crippen LogP contribution in [0.4, 0.5) is 0 Å². The Hall–Kier alpha value is -3.44. The molecule has 0 spiro atoms. The van der Waals surface area contributed by atoms with E-state index in [-0.39, 0.29) is 16.7 Å². The van der Waals surface area contributed by atoms with Crippen LogP contribution in [0.2, 0.25) is 10.3 Å². The van der Waals surface area contributed by atoms with Crippen molar-refractivity contribution in [2.24, 2.45) is 11.8 Å². The van der Waals surface area contributed by atoms with Crippen LogP contribution in [-0.4, -0.2) is 58.6 Å². The van der Waals surface area contributed by atoms with Crippen molar-refractivity contribution in [3.05, 3.63) is 62.2 Å². The number of aromatic amines is 1. The van der Waals surface area contributed by atoms with Crippen LogP contribution >= 0.6 is 23.2 Å². The summed E-state index contributed by atoms with van der Waals surface area (Å²) in [7, 11) is 0. The van der Waals surface area contributed by atoms with Crippen LogP contribution < -0.4 is 10.9 Å². The number of hydrogen-bond acceptors (Lipinski definition) is 9. The lowest BCUT2D eigenvalue weighted by Gasteiger charge is -2.29. The van der Waals surface area contributed by atoms with Gasteiger partial charge in [0.05, 0.1) is 5.92 Å². The van der Waals surface area contributed by atoms with Crippen LogP contribution in [0.1, 0.15) is 36.8 Å². The van der Waals surface area contributed by atoms with E-state index in [0.29, 0.717) is 0 Å². The minimum Gasteiger partial charge on any atom is -0.463 e. The lowest BCUT2D eigenvalue weighted by Crippen LogP contribution is -2.48. The van der Waals surface area contributed by atoms with E-state index in [1.165, 1.54) is 6.92 Å². The molecule has 2 unspecified atom stereocenters. The van der Waals surface area contributed by atoms with E-state index in [4.69, 9.17) is 37.4 Å². The van der Waals surface area contributed by atoms with Crippen molar-refractivity contribution in [2.75, 3.05) is 6.61 Å². The molecule has 4 atom stereocenters. The Morgan fingerprint density at radius 3 is 2.49 bits per heavy atom. The molecule has 198 valence electrons. The molecule has 1 aromatic heterocycles. The minimum atomic E-state index is -1.49. The monoisotopic (exact) mass is 553 g/mol. The summed E-state index contributed by atoms with van der Waals surface area (Å²) in [6, 6.07) is 7.49. The Balaban J connectivity index is 1.88. The van der Waals surface area contributed by atoms with E-state index in [2.05, 4.69) is 15.3 Å². The molecule has 1 aromatic carbocycles. The summed E-state index contributed by atoms with van der Waals surface area (Å²) in [5.74, 6) is -4.92.